The van der Waals surface area contributed by atoms with E-state index in [4.69, 9.17) is 16.1 Å². The maximum absolute atomic E-state index is 5.95. The van der Waals surface area contributed by atoms with Crippen molar-refractivity contribution in [2.75, 3.05) is 7.05 Å². The molecule has 4 nitrogen and oxygen atoms in total. The van der Waals surface area contributed by atoms with Crippen molar-refractivity contribution in [1.29, 1.82) is 0 Å². The normalized spacial score (nSPS) is 12.6. The number of halogens is 1. The standard InChI is InChI=1S/C14H18ClN3O/c1-10(16-2)6-7-14-17-13(18-19-14)9-11-4-3-5-12(15)8-11/h3-5,8,10,16H,6-7,9H2,1-2H3. The Hall–Kier alpha value is -1.39. The summed E-state index contributed by atoms with van der Waals surface area (Å²) in [6.45, 7) is 2.13. The smallest absolute Gasteiger partial charge is 0.226 e. The van der Waals surface area contributed by atoms with Crippen LogP contribution in [-0.4, -0.2) is 23.2 Å². The van der Waals surface area contributed by atoms with Crippen LogP contribution in [0, 0.1) is 0 Å². The Balaban J connectivity index is 1.94. The maximum atomic E-state index is 5.95. The Bertz CT molecular complexity index is 527. The van der Waals surface area contributed by atoms with Gasteiger partial charge in [-0.2, -0.15) is 4.98 Å². The third kappa shape index (κ3) is 4.33. The zero-order valence-corrected chi connectivity index (χ0v) is 11.9. The molecule has 2 aromatic rings. The predicted octanol–water partition coefficient (Wildman–Crippen LogP) is 2.85. The monoisotopic (exact) mass is 279 g/mol. The molecule has 0 amide bonds. The summed E-state index contributed by atoms with van der Waals surface area (Å²) >= 11 is 5.95. The highest BCUT2D eigenvalue weighted by atomic mass is 35.5. The van der Waals surface area contributed by atoms with Gasteiger partial charge >= 0.3 is 0 Å². The molecule has 1 atom stereocenters. The molecule has 102 valence electrons. The molecule has 1 heterocycles. The Morgan fingerprint density at radius 2 is 2.26 bits per heavy atom. The lowest BCUT2D eigenvalue weighted by Gasteiger charge is -2.06. The summed E-state index contributed by atoms with van der Waals surface area (Å²) in [6, 6.07) is 8.15. The van der Waals surface area contributed by atoms with Gasteiger partial charge in [0, 0.05) is 23.9 Å². The second kappa shape index (κ2) is 6.68. The zero-order valence-electron chi connectivity index (χ0n) is 11.2. The van der Waals surface area contributed by atoms with Crippen LogP contribution < -0.4 is 5.32 Å². The van der Waals surface area contributed by atoms with Gasteiger partial charge in [0.15, 0.2) is 5.82 Å². The largest absolute Gasteiger partial charge is 0.339 e. The Labute approximate surface area is 118 Å². The topological polar surface area (TPSA) is 51.0 Å². The molecule has 0 radical (unpaired) electrons. The first-order valence-electron chi connectivity index (χ1n) is 6.40. The molecule has 1 N–H and O–H groups in total. The summed E-state index contributed by atoms with van der Waals surface area (Å²) in [4.78, 5) is 4.39. The number of nitrogens with zero attached hydrogens (tertiary/aromatic N) is 2. The van der Waals surface area contributed by atoms with Gasteiger partial charge in [0.05, 0.1) is 0 Å². The molecule has 5 heteroatoms. The maximum Gasteiger partial charge on any atom is 0.226 e. The first kappa shape index (κ1) is 14.0. The summed E-state index contributed by atoms with van der Waals surface area (Å²) in [5.41, 5.74) is 1.09. The van der Waals surface area contributed by atoms with Crippen LogP contribution in [0.2, 0.25) is 5.02 Å². The number of rotatable bonds is 6. The van der Waals surface area contributed by atoms with E-state index in [1.165, 1.54) is 0 Å². The fourth-order valence-corrected chi connectivity index (χ4v) is 1.99. The molecule has 0 fully saturated rings. The first-order valence-corrected chi connectivity index (χ1v) is 6.78. The van der Waals surface area contributed by atoms with Crippen molar-refractivity contribution >= 4 is 11.6 Å². The summed E-state index contributed by atoms with van der Waals surface area (Å²) in [7, 11) is 1.95. The molecule has 2 rings (SSSR count). The first-order chi connectivity index (χ1) is 9.17. The van der Waals surface area contributed by atoms with E-state index in [-0.39, 0.29) is 0 Å². The Kier molecular flexibility index (Phi) is 4.93. The van der Waals surface area contributed by atoms with Crippen molar-refractivity contribution in [3.63, 3.8) is 0 Å². The molecule has 0 bridgehead atoms. The van der Waals surface area contributed by atoms with Gasteiger partial charge in [-0.3, -0.25) is 0 Å². The number of nitrogens with one attached hydrogen (secondary N) is 1. The quantitative estimate of drug-likeness (QED) is 0.883. The van der Waals surface area contributed by atoms with Gasteiger partial charge < -0.3 is 9.84 Å². The van der Waals surface area contributed by atoms with Crippen LogP contribution in [-0.2, 0) is 12.8 Å². The van der Waals surface area contributed by atoms with Crippen molar-refractivity contribution < 1.29 is 4.52 Å². The van der Waals surface area contributed by atoms with Crippen LogP contribution in [0.15, 0.2) is 28.8 Å². The second-order valence-corrected chi connectivity index (χ2v) is 5.08. The van der Waals surface area contributed by atoms with E-state index in [2.05, 4.69) is 22.4 Å². The SMILES string of the molecule is CNC(C)CCc1nc(Cc2cccc(Cl)c2)no1. The van der Waals surface area contributed by atoms with Crippen molar-refractivity contribution in [2.24, 2.45) is 0 Å². The summed E-state index contributed by atoms with van der Waals surface area (Å²) < 4.78 is 5.24. The molecule has 0 aliphatic heterocycles. The number of hydrogen-bond acceptors (Lipinski definition) is 4. The number of benzene rings is 1. The van der Waals surface area contributed by atoms with Crippen LogP contribution in [0.5, 0.6) is 0 Å². The molecule has 0 aliphatic rings. The molecular formula is C14H18ClN3O. The second-order valence-electron chi connectivity index (χ2n) is 4.64. The average molecular weight is 280 g/mol. The van der Waals surface area contributed by atoms with Gasteiger partial charge in [-0.15, -0.1) is 0 Å². The minimum Gasteiger partial charge on any atom is -0.339 e. The minimum absolute atomic E-state index is 0.447. The third-order valence-corrected chi connectivity index (χ3v) is 3.28. The predicted molar refractivity (Wildman–Crippen MR) is 75.4 cm³/mol. The fraction of sp³-hybridized carbons (Fsp3) is 0.429. The Morgan fingerprint density at radius 3 is 3.00 bits per heavy atom. The molecule has 0 spiro atoms. The third-order valence-electron chi connectivity index (χ3n) is 3.05. The van der Waals surface area contributed by atoms with E-state index in [0.717, 1.165) is 23.4 Å². The molecule has 1 aromatic heterocycles. The van der Waals surface area contributed by atoms with Crippen LogP contribution in [0.4, 0.5) is 0 Å². The van der Waals surface area contributed by atoms with Gasteiger partial charge in [0.25, 0.3) is 0 Å². The van der Waals surface area contributed by atoms with Gasteiger partial charge in [-0.05, 0) is 38.1 Å². The molecular weight excluding hydrogens is 262 g/mol. The van der Waals surface area contributed by atoms with Crippen LogP contribution in [0.3, 0.4) is 0 Å². The summed E-state index contributed by atoms with van der Waals surface area (Å²) in [5, 5.41) is 7.90. The molecule has 1 aromatic carbocycles. The molecule has 1 unspecified atom stereocenters. The van der Waals surface area contributed by atoms with Gasteiger partial charge in [0.1, 0.15) is 0 Å². The van der Waals surface area contributed by atoms with Crippen molar-refractivity contribution in [1.82, 2.24) is 15.5 Å². The van der Waals surface area contributed by atoms with Crippen molar-refractivity contribution in [2.45, 2.75) is 32.2 Å². The summed E-state index contributed by atoms with van der Waals surface area (Å²) in [5.74, 6) is 1.40. The lowest BCUT2D eigenvalue weighted by molar-refractivity contribution is 0.365. The molecule has 19 heavy (non-hydrogen) atoms. The van der Waals surface area contributed by atoms with Crippen LogP contribution in [0.25, 0.3) is 0 Å². The highest BCUT2D eigenvalue weighted by molar-refractivity contribution is 6.30. The number of aryl methyl sites for hydroxylation is 1. The molecule has 0 saturated carbocycles. The fourth-order valence-electron chi connectivity index (χ4n) is 1.78. The average Bonchev–Trinajstić information content (AvgIpc) is 2.83. The van der Waals surface area contributed by atoms with Crippen LogP contribution in [0.1, 0.15) is 30.6 Å². The van der Waals surface area contributed by atoms with Crippen LogP contribution >= 0.6 is 11.6 Å². The van der Waals surface area contributed by atoms with Gasteiger partial charge in [0.2, 0.25) is 5.89 Å². The molecule has 0 aliphatic carbocycles. The zero-order chi connectivity index (χ0) is 13.7. The van der Waals surface area contributed by atoms with E-state index in [9.17, 15) is 0 Å². The van der Waals surface area contributed by atoms with Gasteiger partial charge in [-0.1, -0.05) is 28.9 Å². The van der Waals surface area contributed by atoms with E-state index in [0.29, 0.717) is 24.2 Å². The lowest BCUT2D eigenvalue weighted by Crippen LogP contribution is -2.21. The van der Waals surface area contributed by atoms with E-state index < -0.39 is 0 Å². The van der Waals surface area contributed by atoms with Crippen molar-refractivity contribution in [3.05, 3.63) is 46.6 Å². The Morgan fingerprint density at radius 1 is 1.42 bits per heavy atom. The number of hydrogen-bond donors (Lipinski definition) is 1. The number of aromatic nitrogens is 2. The summed E-state index contributed by atoms with van der Waals surface area (Å²) in [6.07, 6.45) is 2.42. The van der Waals surface area contributed by atoms with Gasteiger partial charge in [-0.25, -0.2) is 0 Å². The van der Waals surface area contributed by atoms with E-state index >= 15 is 0 Å². The highest BCUT2D eigenvalue weighted by Crippen LogP contribution is 2.13. The van der Waals surface area contributed by atoms with E-state index in [1.807, 2.05) is 31.3 Å². The van der Waals surface area contributed by atoms with Crippen molar-refractivity contribution in [3.8, 4) is 0 Å². The highest BCUT2D eigenvalue weighted by Gasteiger charge is 2.08. The lowest BCUT2D eigenvalue weighted by atomic mass is 10.1. The van der Waals surface area contributed by atoms with E-state index in [1.54, 1.807) is 0 Å². The molecule has 0 saturated heterocycles. The minimum atomic E-state index is 0.447.